The summed E-state index contributed by atoms with van der Waals surface area (Å²) in [6, 6.07) is 0. The standard InChI is InChI=1S/C13H24N2O5S/c1-2-20-13(17)11-5-8-14(9-6-11)21(18,19)15-7-3-4-12(16)10-15/h11-12,16H,2-10H2,1H3/t12-/m0/s1. The first-order valence-electron chi connectivity index (χ1n) is 7.55. The van der Waals surface area contributed by atoms with Gasteiger partial charge in [0.05, 0.1) is 18.6 Å². The molecule has 2 fully saturated rings. The summed E-state index contributed by atoms with van der Waals surface area (Å²) in [5.74, 6) is -0.439. The van der Waals surface area contributed by atoms with E-state index in [0.29, 0.717) is 51.9 Å². The quantitative estimate of drug-likeness (QED) is 0.735. The van der Waals surface area contributed by atoms with E-state index in [2.05, 4.69) is 0 Å². The Kier molecular flexibility index (Phi) is 5.59. The van der Waals surface area contributed by atoms with Gasteiger partial charge < -0.3 is 9.84 Å². The van der Waals surface area contributed by atoms with Crippen LogP contribution in [0.3, 0.4) is 0 Å². The predicted octanol–water partition coefficient (Wildman–Crippen LogP) is -0.0370. The number of β-amino-alcohol motifs (C(OH)–C–C–N with tert-alkyl or cyclic N) is 1. The average molecular weight is 320 g/mol. The molecule has 2 rings (SSSR count). The highest BCUT2D eigenvalue weighted by Gasteiger charge is 2.36. The Balaban J connectivity index is 1.93. The Morgan fingerprint density at radius 2 is 1.86 bits per heavy atom. The molecule has 0 bridgehead atoms. The summed E-state index contributed by atoms with van der Waals surface area (Å²) in [4.78, 5) is 11.7. The van der Waals surface area contributed by atoms with Gasteiger partial charge in [0, 0.05) is 26.2 Å². The van der Waals surface area contributed by atoms with Crippen molar-refractivity contribution in [3.63, 3.8) is 0 Å². The number of piperidine rings is 2. The minimum absolute atomic E-state index is 0.167. The van der Waals surface area contributed by atoms with E-state index in [9.17, 15) is 18.3 Å². The highest BCUT2D eigenvalue weighted by molar-refractivity contribution is 7.86. The minimum atomic E-state index is -3.52. The van der Waals surface area contributed by atoms with Crippen LogP contribution < -0.4 is 0 Å². The topological polar surface area (TPSA) is 87.2 Å². The molecule has 1 N–H and O–H groups in total. The van der Waals surface area contributed by atoms with Gasteiger partial charge in [0.15, 0.2) is 0 Å². The van der Waals surface area contributed by atoms with E-state index in [4.69, 9.17) is 4.74 Å². The zero-order valence-electron chi connectivity index (χ0n) is 12.4. The molecule has 1 atom stereocenters. The fourth-order valence-electron chi connectivity index (χ4n) is 2.88. The monoisotopic (exact) mass is 320 g/mol. The maximum absolute atomic E-state index is 12.5. The Hall–Kier alpha value is -0.700. The molecule has 2 aliphatic rings. The molecule has 2 saturated heterocycles. The van der Waals surface area contributed by atoms with Crippen molar-refractivity contribution in [3.05, 3.63) is 0 Å². The van der Waals surface area contributed by atoms with Gasteiger partial charge in [-0.05, 0) is 32.6 Å². The molecule has 0 aliphatic carbocycles. The van der Waals surface area contributed by atoms with Crippen LogP contribution in [0.15, 0.2) is 0 Å². The summed E-state index contributed by atoms with van der Waals surface area (Å²) in [6.45, 7) is 3.40. The lowest BCUT2D eigenvalue weighted by Crippen LogP contribution is -2.51. The second-order valence-electron chi connectivity index (χ2n) is 5.59. The van der Waals surface area contributed by atoms with Crippen LogP contribution in [0.1, 0.15) is 32.6 Å². The normalized spacial score (nSPS) is 26.7. The smallest absolute Gasteiger partial charge is 0.309 e. The van der Waals surface area contributed by atoms with Crippen molar-refractivity contribution in [1.29, 1.82) is 0 Å². The van der Waals surface area contributed by atoms with Crippen LogP contribution in [0.4, 0.5) is 0 Å². The molecular weight excluding hydrogens is 296 g/mol. The molecule has 0 aromatic heterocycles. The van der Waals surface area contributed by atoms with Gasteiger partial charge in [0.2, 0.25) is 0 Å². The predicted molar refractivity (Wildman–Crippen MR) is 76.7 cm³/mol. The lowest BCUT2D eigenvalue weighted by Gasteiger charge is -2.36. The molecule has 0 spiro atoms. The third-order valence-corrected chi connectivity index (χ3v) is 6.09. The Labute approximate surface area is 126 Å². The van der Waals surface area contributed by atoms with Crippen LogP contribution in [0.25, 0.3) is 0 Å². The first kappa shape index (κ1) is 16.7. The maximum Gasteiger partial charge on any atom is 0.309 e. The molecule has 8 heteroatoms. The Bertz CT molecular complexity index is 459. The summed E-state index contributed by atoms with van der Waals surface area (Å²) in [5.41, 5.74) is 0. The van der Waals surface area contributed by atoms with Gasteiger partial charge in [-0.15, -0.1) is 0 Å². The van der Waals surface area contributed by atoms with E-state index >= 15 is 0 Å². The third kappa shape index (κ3) is 3.94. The molecule has 0 amide bonds. The zero-order valence-corrected chi connectivity index (χ0v) is 13.2. The lowest BCUT2D eigenvalue weighted by atomic mass is 9.98. The molecule has 122 valence electrons. The summed E-state index contributed by atoms with van der Waals surface area (Å²) < 4.78 is 32.8. The first-order valence-corrected chi connectivity index (χ1v) is 8.94. The summed E-state index contributed by atoms with van der Waals surface area (Å²) in [7, 11) is -3.52. The van der Waals surface area contributed by atoms with Gasteiger partial charge in [-0.2, -0.15) is 17.0 Å². The van der Waals surface area contributed by atoms with Crippen LogP contribution in [0.2, 0.25) is 0 Å². The molecule has 2 heterocycles. The number of aliphatic hydroxyl groups excluding tert-OH is 1. The summed E-state index contributed by atoms with van der Waals surface area (Å²) >= 11 is 0. The van der Waals surface area contributed by atoms with Gasteiger partial charge in [0.25, 0.3) is 10.2 Å². The van der Waals surface area contributed by atoms with Crippen LogP contribution in [-0.2, 0) is 19.7 Å². The molecule has 0 aromatic carbocycles. The van der Waals surface area contributed by atoms with Crippen molar-refractivity contribution in [3.8, 4) is 0 Å². The number of hydrogen-bond acceptors (Lipinski definition) is 5. The molecule has 0 unspecified atom stereocenters. The summed E-state index contributed by atoms with van der Waals surface area (Å²) in [5, 5.41) is 9.63. The van der Waals surface area contributed by atoms with Crippen molar-refractivity contribution in [2.45, 2.75) is 38.7 Å². The molecule has 0 aromatic rings. The van der Waals surface area contributed by atoms with Gasteiger partial charge in [-0.1, -0.05) is 0 Å². The molecule has 2 aliphatic heterocycles. The second-order valence-corrected chi connectivity index (χ2v) is 7.52. The number of nitrogens with zero attached hydrogens (tertiary/aromatic N) is 2. The lowest BCUT2D eigenvalue weighted by molar-refractivity contribution is -0.149. The van der Waals surface area contributed by atoms with Crippen LogP contribution in [0, 0.1) is 5.92 Å². The van der Waals surface area contributed by atoms with Gasteiger partial charge >= 0.3 is 5.97 Å². The number of carbonyl (C=O) groups excluding carboxylic acids is 1. The number of rotatable bonds is 4. The number of carbonyl (C=O) groups is 1. The number of esters is 1. The van der Waals surface area contributed by atoms with Crippen molar-refractivity contribution in [2.24, 2.45) is 5.92 Å². The summed E-state index contributed by atoms with van der Waals surface area (Å²) in [6.07, 6.45) is 1.74. The van der Waals surface area contributed by atoms with Crippen molar-refractivity contribution in [1.82, 2.24) is 8.61 Å². The van der Waals surface area contributed by atoms with E-state index < -0.39 is 16.3 Å². The molecule has 0 radical (unpaired) electrons. The van der Waals surface area contributed by atoms with E-state index in [-0.39, 0.29) is 18.4 Å². The molecule has 0 saturated carbocycles. The maximum atomic E-state index is 12.5. The number of hydrogen-bond donors (Lipinski definition) is 1. The van der Waals surface area contributed by atoms with Crippen LogP contribution in [-0.4, -0.2) is 67.0 Å². The minimum Gasteiger partial charge on any atom is -0.466 e. The van der Waals surface area contributed by atoms with Gasteiger partial charge in [-0.3, -0.25) is 4.79 Å². The first-order chi connectivity index (χ1) is 9.95. The fourth-order valence-corrected chi connectivity index (χ4v) is 4.60. The van der Waals surface area contributed by atoms with Crippen molar-refractivity contribution >= 4 is 16.2 Å². The van der Waals surface area contributed by atoms with Gasteiger partial charge in [0.1, 0.15) is 0 Å². The molecule has 21 heavy (non-hydrogen) atoms. The average Bonchev–Trinajstić information content (AvgIpc) is 2.47. The Morgan fingerprint density at radius 1 is 1.19 bits per heavy atom. The van der Waals surface area contributed by atoms with E-state index in [1.807, 2.05) is 0 Å². The van der Waals surface area contributed by atoms with E-state index in [1.54, 1.807) is 6.92 Å². The zero-order chi connectivity index (χ0) is 15.5. The molecule has 7 nitrogen and oxygen atoms in total. The second kappa shape index (κ2) is 7.04. The highest BCUT2D eigenvalue weighted by atomic mass is 32.2. The number of aliphatic hydroxyl groups is 1. The SMILES string of the molecule is CCOC(=O)C1CCN(S(=O)(=O)N2CCC[C@H](O)C2)CC1. The largest absolute Gasteiger partial charge is 0.466 e. The van der Waals surface area contributed by atoms with Crippen molar-refractivity contribution < 1.29 is 23.1 Å². The van der Waals surface area contributed by atoms with E-state index in [1.165, 1.54) is 8.61 Å². The molecular formula is C13H24N2O5S. The van der Waals surface area contributed by atoms with Crippen LogP contribution >= 0.6 is 0 Å². The fraction of sp³-hybridized carbons (Fsp3) is 0.923. The Morgan fingerprint density at radius 3 is 2.43 bits per heavy atom. The third-order valence-electron chi connectivity index (χ3n) is 4.09. The van der Waals surface area contributed by atoms with Gasteiger partial charge in [-0.25, -0.2) is 0 Å². The van der Waals surface area contributed by atoms with Crippen LogP contribution in [0.5, 0.6) is 0 Å². The highest BCUT2D eigenvalue weighted by Crippen LogP contribution is 2.24. The van der Waals surface area contributed by atoms with Crippen molar-refractivity contribution in [2.75, 3.05) is 32.8 Å². The number of ether oxygens (including phenoxy) is 1. The van der Waals surface area contributed by atoms with E-state index in [0.717, 1.165) is 0 Å².